The first-order chi connectivity index (χ1) is 8.18. The van der Waals surface area contributed by atoms with Crippen molar-refractivity contribution >= 4 is 25.5 Å². The predicted octanol–water partition coefficient (Wildman–Crippen LogP) is 0.0512. The van der Waals surface area contributed by atoms with Crippen LogP contribution >= 0.6 is 0 Å². The molecule has 0 saturated heterocycles. The van der Waals surface area contributed by atoms with Crippen LogP contribution in [-0.4, -0.2) is 42.4 Å². The summed E-state index contributed by atoms with van der Waals surface area (Å²) in [7, 11) is -6.36. The van der Waals surface area contributed by atoms with Gasteiger partial charge in [0, 0.05) is 25.0 Å². The first kappa shape index (κ1) is 14.9. The summed E-state index contributed by atoms with van der Waals surface area (Å²) < 4.78 is 46.4. The van der Waals surface area contributed by atoms with Gasteiger partial charge in [0.2, 0.25) is 10.0 Å². The zero-order valence-electron chi connectivity index (χ0n) is 10.2. The van der Waals surface area contributed by atoms with Gasteiger partial charge in [-0.1, -0.05) is 0 Å². The van der Waals surface area contributed by atoms with Crippen molar-refractivity contribution in [3.05, 3.63) is 24.3 Å². The number of hydrogen-bond donors (Lipinski definition) is 2. The highest BCUT2D eigenvalue weighted by Gasteiger charge is 2.05. The van der Waals surface area contributed by atoms with E-state index in [-0.39, 0.29) is 11.4 Å². The van der Waals surface area contributed by atoms with E-state index in [9.17, 15) is 16.8 Å². The molecule has 1 aromatic carbocycles. The van der Waals surface area contributed by atoms with Gasteiger partial charge in [-0.3, -0.25) is 0 Å². The van der Waals surface area contributed by atoms with E-state index in [4.69, 9.17) is 0 Å². The molecule has 0 heterocycles. The van der Waals surface area contributed by atoms with Gasteiger partial charge in [0.25, 0.3) is 0 Å². The number of sulfone groups is 1. The molecular weight excluding hydrogens is 276 g/mol. The Labute approximate surface area is 107 Å². The molecule has 0 fully saturated rings. The van der Waals surface area contributed by atoms with Gasteiger partial charge in [0.05, 0.1) is 11.2 Å². The number of rotatable bonds is 6. The van der Waals surface area contributed by atoms with Crippen molar-refractivity contribution in [1.82, 2.24) is 4.72 Å². The monoisotopic (exact) mass is 292 g/mol. The van der Waals surface area contributed by atoms with E-state index in [2.05, 4.69) is 10.0 Å². The summed E-state index contributed by atoms with van der Waals surface area (Å²) >= 11 is 0. The lowest BCUT2D eigenvalue weighted by Crippen LogP contribution is -2.27. The topological polar surface area (TPSA) is 92.3 Å². The number of nitrogens with one attached hydrogen (secondary N) is 2. The molecule has 8 heteroatoms. The van der Waals surface area contributed by atoms with Crippen LogP contribution in [0.25, 0.3) is 0 Å². The van der Waals surface area contributed by atoms with Gasteiger partial charge in [0.15, 0.2) is 9.84 Å². The zero-order valence-corrected chi connectivity index (χ0v) is 11.8. The fraction of sp³-hybridized carbons (Fsp3) is 0.400. The fourth-order valence-corrected chi connectivity index (χ4v) is 2.37. The Morgan fingerprint density at radius 2 is 1.50 bits per heavy atom. The molecule has 0 unspecified atom stereocenters. The maximum atomic E-state index is 11.2. The summed E-state index contributed by atoms with van der Waals surface area (Å²) in [6, 6.07) is 6.27. The second kappa shape index (κ2) is 5.68. The van der Waals surface area contributed by atoms with Gasteiger partial charge in [-0.2, -0.15) is 0 Å². The lowest BCUT2D eigenvalue weighted by molar-refractivity contribution is 0.589. The molecule has 0 aliphatic carbocycles. The third-order valence-corrected chi connectivity index (χ3v) is 3.96. The quantitative estimate of drug-likeness (QED) is 0.723. The smallest absolute Gasteiger partial charge is 0.208 e. The van der Waals surface area contributed by atoms with E-state index in [1.54, 1.807) is 12.1 Å². The largest absolute Gasteiger partial charge is 0.384 e. The molecule has 0 spiro atoms. The van der Waals surface area contributed by atoms with Crippen molar-refractivity contribution in [2.24, 2.45) is 0 Å². The van der Waals surface area contributed by atoms with Crippen LogP contribution in [0.1, 0.15) is 0 Å². The van der Waals surface area contributed by atoms with Gasteiger partial charge >= 0.3 is 0 Å². The van der Waals surface area contributed by atoms with Gasteiger partial charge in [-0.25, -0.2) is 21.6 Å². The van der Waals surface area contributed by atoms with Gasteiger partial charge in [0.1, 0.15) is 0 Å². The molecule has 0 aromatic heterocycles. The maximum absolute atomic E-state index is 11.2. The van der Waals surface area contributed by atoms with E-state index in [1.807, 2.05) is 0 Å². The molecule has 2 N–H and O–H groups in total. The van der Waals surface area contributed by atoms with Crippen LogP contribution in [0.3, 0.4) is 0 Å². The Balaban J connectivity index is 2.50. The molecule has 0 aliphatic rings. The number of benzene rings is 1. The van der Waals surface area contributed by atoms with Crippen LogP contribution < -0.4 is 10.0 Å². The minimum atomic E-state index is -3.18. The molecule has 0 atom stereocenters. The molecule has 6 nitrogen and oxygen atoms in total. The summed E-state index contributed by atoms with van der Waals surface area (Å²) in [5, 5.41) is 2.97. The molecule has 0 radical (unpaired) electrons. The van der Waals surface area contributed by atoms with E-state index >= 15 is 0 Å². The first-order valence-electron chi connectivity index (χ1n) is 5.17. The Hall–Kier alpha value is -1.12. The number of sulfonamides is 1. The number of hydrogen-bond acceptors (Lipinski definition) is 5. The average molecular weight is 292 g/mol. The lowest BCUT2D eigenvalue weighted by Gasteiger charge is -2.07. The van der Waals surface area contributed by atoms with Crippen LogP contribution in [0.5, 0.6) is 0 Å². The van der Waals surface area contributed by atoms with Crippen LogP contribution in [-0.2, 0) is 19.9 Å². The van der Waals surface area contributed by atoms with Crippen molar-refractivity contribution in [2.75, 3.05) is 30.9 Å². The SMILES string of the molecule is CS(=O)(=O)NCCNc1ccc(S(C)(=O)=O)cc1. The minimum Gasteiger partial charge on any atom is -0.384 e. The fourth-order valence-electron chi connectivity index (χ4n) is 1.26. The first-order valence-corrected chi connectivity index (χ1v) is 8.95. The Morgan fingerprint density at radius 1 is 0.944 bits per heavy atom. The van der Waals surface area contributed by atoms with Crippen molar-refractivity contribution in [2.45, 2.75) is 4.90 Å². The van der Waals surface area contributed by atoms with Crippen LogP contribution in [0.15, 0.2) is 29.2 Å². The Kier molecular flexibility index (Phi) is 4.71. The van der Waals surface area contributed by atoms with E-state index in [1.165, 1.54) is 12.1 Å². The predicted molar refractivity (Wildman–Crippen MR) is 70.9 cm³/mol. The summed E-state index contributed by atoms with van der Waals surface area (Å²) in [5.41, 5.74) is 0.734. The molecule has 102 valence electrons. The normalized spacial score (nSPS) is 12.3. The second-order valence-corrected chi connectivity index (χ2v) is 7.74. The maximum Gasteiger partial charge on any atom is 0.208 e. The summed E-state index contributed by atoms with van der Waals surface area (Å²) in [6.45, 7) is 0.692. The van der Waals surface area contributed by atoms with Crippen LogP contribution in [0, 0.1) is 0 Å². The van der Waals surface area contributed by atoms with Crippen molar-refractivity contribution < 1.29 is 16.8 Å². The minimum absolute atomic E-state index is 0.252. The molecule has 1 aromatic rings. The van der Waals surface area contributed by atoms with Gasteiger partial charge in [-0.15, -0.1) is 0 Å². The number of anilines is 1. The summed E-state index contributed by atoms with van der Waals surface area (Å²) in [5.74, 6) is 0. The van der Waals surface area contributed by atoms with E-state index in [0.29, 0.717) is 6.54 Å². The third-order valence-electron chi connectivity index (χ3n) is 2.10. The van der Waals surface area contributed by atoms with Crippen molar-refractivity contribution in [3.8, 4) is 0 Å². The lowest BCUT2D eigenvalue weighted by atomic mass is 10.3. The van der Waals surface area contributed by atoms with Gasteiger partial charge in [-0.05, 0) is 24.3 Å². The summed E-state index contributed by atoms with van der Waals surface area (Å²) in [4.78, 5) is 0.252. The zero-order chi connectivity index (χ0) is 13.8. The standard InChI is InChI=1S/C10H16N2O4S2/c1-17(13,14)10-5-3-9(4-6-10)11-7-8-12-18(2,15)16/h3-6,11-12H,7-8H2,1-2H3. The highest BCUT2D eigenvalue weighted by molar-refractivity contribution is 7.90. The molecule has 0 bridgehead atoms. The van der Waals surface area contributed by atoms with Gasteiger partial charge < -0.3 is 5.32 Å². The molecule has 18 heavy (non-hydrogen) atoms. The van der Waals surface area contributed by atoms with E-state index < -0.39 is 19.9 Å². The third kappa shape index (κ3) is 5.48. The molecule has 1 rings (SSSR count). The van der Waals surface area contributed by atoms with Crippen molar-refractivity contribution in [1.29, 1.82) is 0 Å². The highest BCUT2D eigenvalue weighted by Crippen LogP contribution is 2.13. The van der Waals surface area contributed by atoms with Crippen LogP contribution in [0.2, 0.25) is 0 Å². The van der Waals surface area contributed by atoms with Crippen LogP contribution in [0.4, 0.5) is 5.69 Å². The molecule has 0 saturated carbocycles. The summed E-state index contributed by atoms with van der Waals surface area (Å²) in [6.07, 6.45) is 2.24. The average Bonchev–Trinajstić information content (AvgIpc) is 2.22. The second-order valence-electron chi connectivity index (χ2n) is 3.89. The Morgan fingerprint density at radius 3 is 1.94 bits per heavy atom. The molecule has 0 amide bonds. The highest BCUT2D eigenvalue weighted by atomic mass is 32.2. The molecular formula is C10H16N2O4S2. The van der Waals surface area contributed by atoms with Crippen molar-refractivity contribution in [3.63, 3.8) is 0 Å². The van der Waals surface area contributed by atoms with E-state index in [0.717, 1.165) is 18.2 Å². The Bertz CT molecular complexity index is 591. The molecule has 0 aliphatic heterocycles.